The number of fused-ring (bicyclic) bond motifs is 1. The van der Waals surface area contributed by atoms with Crippen molar-refractivity contribution >= 4 is 23.3 Å². The second-order valence-electron chi connectivity index (χ2n) is 6.09. The Hall–Kier alpha value is -2.82. The molecule has 5 heteroatoms. The highest BCUT2D eigenvalue weighted by Crippen LogP contribution is 2.44. The zero-order valence-electron chi connectivity index (χ0n) is 15.1. The van der Waals surface area contributed by atoms with Gasteiger partial charge >= 0.3 is 11.9 Å². The number of para-hydroxylation sites is 2. The topological polar surface area (TPSA) is 55.8 Å². The van der Waals surface area contributed by atoms with Gasteiger partial charge in [0.15, 0.2) is 5.92 Å². The van der Waals surface area contributed by atoms with E-state index in [0.717, 1.165) is 16.9 Å². The predicted octanol–water partition coefficient (Wildman–Crippen LogP) is 3.66. The van der Waals surface area contributed by atoms with Crippen LogP contribution in [0, 0.1) is 5.92 Å². The lowest BCUT2D eigenvalue weighted by Crippen LogP contribution is -2.35. The molecule has 2 aromatic rings. The molecule has 0 aliphatic carbocycles. The first-order valence-corrected chi connectivity index (χ1v) is 8.92. The Morgan fingerprint density at radius 3 is 2.15 bits per heavy atom. The summed E-state index contributed by atoms with van der Waals surface area (Å²) in [7, 11) is 0. The summed E-state index contributed by atoms with van der Waals surface area (Å²) < 4.78 is 10.4. The van der Waals surface area contributed by atoms with Gasteiger partial charge in [-0.05, 0) is 37.6 Å². The molecular weight excluding hydrogens is 330 g/mol. The number of esters is 2. The van der Waals surface area contributed by atoms with Crippen LogP contribution in [0.4, 0.5) is 11.4 Å². The molecule has 0 aromatic heterocycles. The van der Waals surface area contributed by atoms with Crippen molar-refractivity contribution in [2.24, 2.45) is 5.92 Å². The number of hydrogen-bond acceptors (Lipinski definition) is 5. The Kier molecular flexibility index (Phi) is 5.56. The van der Waals surface area contributed by atoms with Crippen molar-refractivity contribution < 1.29 is 19.1 Å². The number of carbonyl (C=O) groups excluding carboxylic acids is 2. The van der Waals surface area contributed by atoms with Crippen LogP contribution < -0.4 is 4.90 Å². The minimum Gasteiger partial charge on any atom is -0.465 e. The van der Waals surface area contributed by atoms with Crippen LogP contribution in [-0.4, -0.2) is 31.7 Å². The molecule has 0 spiro atoms. The minimum atomic E-state index is -0.968. The van der Waals surface area contributed by atoms with E-state index in [9.17, 15) is 9.59 Å². The van der Waals surface area contributed by atoms with E-state index in [2.05, 4.69) is 4.90 Å². The average molecular weight is 353 g/mol. The molecule has 0 saturated carbocycles. The third-order valence-corrected chi connectivity index (χ3v) is 4.56. The van der Waals surface area contributed by atoms with Gasteiger partial charge in [0.25, 0.3) is 0 Å². The van der Waals surface area contributed by atoms with E-state index >= 15 is 0 Å². The molecule has 1 heterocycles. The molecule has 136 valence electrons. The van der Waals surface area contributed by atoms with Crippen LogP contribution in [-0.2, 0) is 19.1 Å². The second kappa shape index (κ2) is 8.04. The number of anilines is 2. The number of ether oxygens (including phenoxy) is 2. The summed E-state index contributed by atoms with van der Waals surface area (Å²) in [5.41, 5.74) is 2.98. The van der Waals surface area contributed by atoms with Crippen LogP contribution in [0.25, 0.3) is 0 Å². The van der Waals surface area contributed by atoms with Crippen molar-refractivity contribution in [3.8, 4) is 0 Å². The van der Waals surface area contributed by atoms with E-state index in [1.54, 1.807) is 13.8 Å². The van der Waals surface area contributed by atoms with Crippen molar-refractivity contribution in [3.05, 3.63) is 60.2 Å². The Labute approximate surface area is 153 Å². The maximum atomic E-state index is 12.6. The number of rotatable bonds is 6. The Bertz CT molecular complexity index is 757. The summed E-state index contributed by atoms with van der Waals surface area (Å²) in [6.07, 6.45) is 0. The maximum Gasteiger partial charge on any atom is 0.321 e. The fourth-order valence-corrected chi connectivity index (χ4v) is 3.47. The second-order valence-corrected chi connectivity index (χ2v) is 6.09. The van der Waals surface area contributed by atoms with E-state index in [4.69, 9.17) is 9.47 Å². The Morgan fingerprint density at radius 1 is 0.962 bits per heavy atom. The molecule has 0 saturated heterocycles. The first kappa shape index (κ1) is 18.0. The van der Waals surface area contributed by atoms with Crippen molar-refractivity contribution in [3.63, 3.8) is 0 Å². The summed E-state index contributed by atoms with van der Waals surface area (Å²) in [5.74, 6) is -2.34. The lowest BCUT2D eigenvalue weighted by molar-refractivity contribution is -0.162. The smallest absolute Gasteiger partial charge is 0.321 e. The summed E-state index contributed by atoms with van der Waals surface area (Å²) in [5, 5.41) is 0. The highest BCUT2D eigenvalue weighted by atomic mass is 16.6. The third kappa shape index (κ3) is 3.43. The fourth-order valence-electron chi connectivity index (χ4n) is 3.47. The van der Waals surface area contributed by atoms with Crippen LogP contribution in [0.5, 0.6) is 0 Å². The summed E-state index contributed by atoms with van der Waals surface area (Å²) in [4.78, 5) is 27.2. The lowest BCUT2D eigenvalue weighted by Gasteiger charge is -2.23. The van der Waals surface area contributed by atoms with Gasteiger partial charge in [-0.1, -0.05) is 36.4 Å². The van der Waals surface area contributed by atoms with Crippen molar-refractivity contribution in [1.29, 1.82) is 0 Å². The molecule has 2 aromatic carbocycles. The monoisotopic (exact) mass is 353 g/mol. The SMILES string of the molecule is CCOC(=O)C(C(=O)OCC)C1CN(c2ccccc2)c2ccccc21. The summed E-state index contributed by atoms with van der Waals surface area (Å²) >= 11 is 0. The van der Waals surface area contributed by atoms with Gasteiger partial charge in [0.2, 0.25) is 0 Å². The van der Waals surface area contributed by atoms with Gasteiger partial charge in [-0.25, -0.2) is 0 Å². The summed E-state index contributed by atoms with van der Waals surface area (Å²) in [6, 6.07) is 17.8. The fraction of sp³-hybridized carbons (Fsp3) is 0.333. The van der Waals surface area contributed by atoms with Crippen molar-refractivity contribution in [2.45, 2.75) is 19.8 Å². The quantitative estimate of drug-likeness (QED) is 0.586. The molecule has 1 aliphatic rings. The maximum absolute atomic E-state index is 12.6. The summed E-state index contributed by atoms with van der Waals surface area (Å²) in [6.45, 7) is 4.45. The molecule has 0 amide bonds. The molecule has 5 nitrogen and oxygen atoms in total. The van der Waals surface area contributed by atoms with E-state index in [0.29, 0.717) is 6.54 Å². The molecule has 26 heavy (non-hydrogen) atoms. The molecular formula is C21H23NO4. The van der Waals surface area contributed by atoms with Crippen LogP contribution in [0.15, 0.2) is 54.6 Å². The normalized spacial score (nSPS) is 15.7. The predicted molar refractivity (Wildman–Crippen MR) is 99.4 cm³/mol. The standard InChI is InChI=1S/C21H23NO4/c1-3-25-20(23)19(21(24)26-4-2)17-14-22(15-10-6-5-7-11-15)18-13-9-8-12-16(17)18/h5-13,17,19H,3-4,14H2,1-2H3. The lowest BCUT2D eigenvalue weighted by atomic mass is 9.87. The molecule has 0 N–H and O–H groups in total. The first-order valence-electron chi connectivity index (χ1n) is 8.92. The van der Waals surface area contributed by atoms with Crippen LogP contribution >= 0.6 is 0 Å². The van der Waals surface area contributed by atoms with Gasteiger partial charge in [-0.2, -0.15) is 0 Å². The van der Waals surface area contributed by atoms with Crippen LogP contribution in [0.2, 0.25) is 0 Å². The molecule has 1 aliphatic heterocycles. The number of hydrogen-bond donors (Lipinski definition) is 0. The van der Waals surface area contributed by atoms with Crippen molar-refractivity contribution in [2.75, 3.05) is 24.7 Å². The first-order chi connectivity index (χ1) is 12.7. The number of carbonyl (C=O) groups is 2. The highest BCUT2D eigenvalue weighted by Gasteiger charge is 2.44. The van der Waals surface area contributed by atoms with Crippen LogP contribution in [0.1, 0.15) is 25.3 Å². The van der Waals surface area contributed by atoms with E-state index in [1.165, 1.54) is 0 Å². The third-order valence-electron chi connectivity index (χ3n) is 4.56. The number of nitrogens with zero attached hydrogens (tertiary/aromatic N) is 1. The van der Waals surface area contributed by atoms with E-state index in [-0.39, 0.29) is 19.1 Å². The highest BCUT2D eigenvalue weighted by molar-refractivity contribution is 5.97. The van der Waals surface area contributed by atoms with Gasteiger partial charge in [-0.3, -0.25) is 9.59 Å². The van der Waals surface area contributed by atoms with Crippen LogP contribution in [0.3, 0.4) is 0 Å². The largest absolute Gasteiger partial charge is 0.465 e. The van der Waals surface area contributed by atoms with Gasteiger partial charge in [0, 0.05) is 23.8 Å². The molecule has 1 atom stereocenters. The zero-order valence-corrected chi connectivity index (χ0v) is 15.1. The van der Waals surface area contributed by atoms with E-state index < -0.39 is 17.9 Å². The molecule has 0 bridgehead atoms. The van der Waals surface area contributed by atoms with Gasteiger partial charge < -0.3 is 14.4 Å². The van der Waals surface area contributed by atoms with Gasteiger partial charge in [0.05, 0.1) is 13.2 Å². The van der Waals surface area contributed by atoms with E-state index in [1.807, 2.05) is 54.6 Å². The average Bonchev–Trinajstić information content (AvgIpc) is 3.03. The van der Waals surface area contributed by atoms with Gasteiger partial charge in [-0.15, -0.1) is 0 Å². The zero-order chi connectivity index (χ0) is 18.5. The number of benzene rings is 2. The molecule has 0 fully saturated rings. The molecule has 1 unspecified atom stereocenters. The van der Waals surface area contributed by atoms with Crippen molar-refractivity contribution in [1.82, 2.24) is 0 Å². The minimum absolute atomic E-state index is 0.228. The Morgan fingerprint density at radius 2 is 1.54 bits per heavy atom. The molecule has 3 rings (SSSR count). The molecule has 0 radical (unpaired) electrons. The Balaban J connectivity index is 2.00. The van der Waals surface area contributed by atoms with Gasteiger partial charge in [0.1, 0.15) is 0 Å².